The molecule has 0 unspecified atom stereocenters. The summed E-state index contributed by atoms with van der Waals surface area (Å²) in [5.41, 5.74) is 5.93. The lowest BCUT2D eigenvalue weighted by Gasteiger charge is -2.25. The number of hydrogen-bond acceptors (Lipinski definition) is 3. The van der Waals surface area contributed by atoms with Crippen LogP contribution in [-0.2, 0) is 6.54 Å². The second-order valence-electron chi connectivity index (χ2n) is 5.35. The van der Waals surface area contributed by atoms with Crippen molar-refractivity contribution in [1.82, 2.24) is 14.8 Å². The molecule has 4 nitrogen and oxygen atoms in total. The van der Waals surface area contributed by atoms with Gasteiger partial charge in [-0.1, -0.05) is 13.8 Å². The van der Waals surface area contributed by atoms with Crippen molar-refractivity contribution >= 4 is 0 Å². The van der Waals surface area contributed by atoms with Crippen molar-refractivity contribution < 1.29 is 0 Å². The largest absolute Gasteiger partial charge is 0.328 e. The zero-order valence-electron chi connectivity index (χ0n) is 10.3. The van der Waals surface area contributed by atoms with Gasteiger partial charge in [0.2, 0.25) is 0 Å². The Kier molecular flexibility index (Phi) is 3.59. The molecule has 0 aromatic carbocycles. The van der Waals surface area contributed by atoms with Gasteiger partial charge in [0.15, 0.2) is 0 Å². The van der Waals surface area contributed by atoms with Gasteiger partial charge in [0.25, 0.3) is 0 Å². The summed E-state index contributed by atoms with van der Waals surface area (Å²) in [6, 6.07) is 0.401. The van der Waals surface area contributed by atoms with Gasteiger partial charge in [0.1, 0.15) is 12.2 Å². The maximum Gasteiger partial charge on any atom is 0.135 e. The summed E-state index contributed by atoms with van der Waals surface area (Å²) < 4.78 is 2.21. The van der Waals surface area contributed by atoms with E-state index >= 15 is 0 Å². The van der Waals surface area contributed by atoms with E-state index in [0.29, 0.717) is 17.9 Å². The van der Waals surface area contributed by atoms with Crippen LogP contribution in [-0.4, -0.2) is 20.8 Å². The zero-order valence-corrected chi connectivity index (χ0v) is 10.3. The van der Waals surface area contributed by atoms with Crippen LogP contribution in [0.15, 0.2) is 6.33 Å². The maximum absolute atomic E-state index is 5.93. The molecule has 0 amide bonds. The minimum Gasteiger partial charge on any atom is -0.328 e. The van der Waals surface area contributed by atoms with Gasteiger partial charge in [-0.15, -0.1) is 10.2 Å². The molecule has 1 aliphatic carbocycles. The quantitative estimate of drug-likeness (QED) is 0.850. The van der Waals surface area contributed by atoms with E-state index in [0.717, 1.165) is 32.2 Å². The number of nitrogens with zero attached hydrogens (tertiary/aromatic N) is 3. The molecule has 4 heteroatoms. The standard InChI is InChI=1S/C12H22N4/c1-9(2)7-16-8-14-15-12(16)10-3-5-11(13)6-4-10/h8-11H,3-7,13H2,1-2H3. The second kappa shape index (κ2) is 4.95. The molecule has 2 rings (SSSR count). The molecule has 0 saturated heterocycles. The highest BCUT2D eigenvalue weighted by molar-refractivity contribution is 4.99. The Morgan fingerprint density at radius 1 is 1.38 bits per heavy atom. The lowest BCUT2D eigenvalue weighted by molar-refractivity contribution is 0.369. The summed E-state index contributed by atoms with van der Waals surface area (Å²) in [6.45, 7) is 5.46. The van der Waals surface area contributed by atoms with E-state index in [9.17, 15) is 0 Å². The van der Waals surface area contributed by atoms with Gasteiger partial charge in [-0.2, -0.15) is 0 Å². The Balaban J connectivity index is 2.05. The highest BCUT2D eigenvalue weighted by Crippen LogP contribution is 2.31. The van der Waals surface area contributed by atoms with Crippen LogP contribution < -0.4 is 5.73 Å². The minimum atomic E-state index is 0.401. The van der Waals surface area contributed by atoms with E-state index in [-0.39, 0.29) is 0 Å². The van der Waals surface area contributed by atoms with E-state index in [4.69, 9.17) is 5.73 Å². The first-order valence-corrected chi connectivity index (χ1v) is 6.30. The summed E-state index contributed by atoms with van der Waals surface area (Å²) in [5.74, 6) is 2.38. The average molecular weight is 222 g/mol. The molecule has 1 heterocycles. The molecule has 0 aliphatic heterocycles. The maximum atomic E-state index is 5.93. The fourth-order valence-electron chi connectivity index (χ4n) is 2.49. The van der Waals surface area contributed by atoms with Gasteiger partial charge < -0.3 is 10.3 Å². The summed E-state index contributed by atoms with van der Waals surface area (Å²) in [5, 5.41) is 8.34. The summed E-state index contributed by atoms with van der Waals surface area (Å²) >= 11 is 0. The molecule has 0 bridgehead atoms. The van der Waals surface area contributed by atoms with Gasteiger partial charge in [-0.3, -0.25) is 0 Å². The first-order chi connectivity index (χ1) is 7.66. The number of aromatic nitrogens is 3. The van der Waals surface area contributed by atoms with Crippen LogP contribution in [0.5, 0.6) is 0 Å². The van der Waals surface area contributed by atoms with Crippen LogP contribution >= 0.6 is 0 Å². The van der Waals surface area contributed by atoms with E-state index in [2.05, 4.69) is 28.6 Å². The van der Waals surface area contributed by atoms with Crippen LogP contribution in [0.25, 0.3) is 0 Å². The van der Waals surface area contributed by atoms with Crippen LogP contribution in [0.1, 0.15) is 51.3 Å². The fraction of sp³-hybridized carbons (Fsp3) is 0.833. The lowest BCUT2D eigenvalue weighted by Crippen LogP contribution is -2.27. The van der Waals surface area contributed by atoms with Crippen LogP contribution in [0.2, 0.25) is 0 Å². The summed E-state index contributed by atoms with van der Waals surface area (Å²) in [6.07, 6.45) is 6.44. The molecule has 1 aliphatic rings. The lowest BCUT2D eigenvalue weighted by atomic mass is 9.86. The molecule has 90 valence electrons. The molecule has 16 heavy (non-hydrogen) atoms. The molecule has 2 N–H and O–H groups in total. The van der Waals surface area contributed by atoms with Crippen molar-refractivity contribution in [3.8, 4) is 0 Å². The third-order valence-corrected chi connectivity index (χ3v) is 3.34. The Labute approximate surface area is 97.2 Å². The third-order valence-electron chi connectivity index (χ3n) is 3.34. The smallest absolute Gasteiger partial charge is 0.135 e. The van der Waals surface area contributed by atoms with Crippen LogP contribution in [0, 0.1) is 5.92 Å². The van der Waals surface area contributed by atoms with Crippen molar-refractivity contribution in [3.63, 3.8) is 0 Å². The Bertz CT molecular complexity index is 324. The predicted octanol–water partition coefficient (Wildman–Crippen LogP) is 1.92. The van der Waals surface area contributed by atoms with E-state index in [1.807, 2.05) is 6.33 Å². The summed E-state index contributed by atoms with van der Waals surface area (Å²) in [4.78, 5) is 0. The van der Waals surface area contributed by atoms with E-state index < -0.39 is 0 Å². The van der Waals surface area contributed by atoms with Gasteiger partial charge in [0.05, 0.1) is 0 Å². The minimum absolute atomic E-state index is 0.401. The van der Waals surface area contributed by atoms with Crippen molar-refractivity contribution in [2.45, 2.75) is 58.0 Å². The SMILES string of the molecule is CC(C)Cn1cnnc1C1CCC(N)CC1. The van der Waals surface area contributed by atoms with Crippen LogP contribution in [0.4, 0.5) is 0 Å². The zero-order chi connectivity index (χ0) is 11.5. The Morgan fingerprint density at radius 3 is 2.69 bits per heavy atom. The van der Waals surface area contributed by atoms with Gasteiger partial charge >= 0.3 is 0 Å². The van der Waals surface area contributed by atoms with Gasteiger partial charge in [-0.25, -0.2) is 0 Å². The molecular weight excluding hydrogens is 200 g/mol. The molecule has 1 aromatic heterocycles. The average Bonchev–Trinajstić information content (AvgIpc) is 2.66. The highest BCUT2D eigenvalue weighted by Gasteiger charge is 2.24. The van der Waals surface area contributed by atoms with Crippen molar-refractivity contribution in [3.05, 3.63) is 12.2 Å². The van der Waals surface area contributed by atoms with E-state index in [1.165, 1.54) is 5.82 Å². The van der Waals surface area contributed by atoms with Crippen molar-refractivity contribution in [2.75, 3.05) is 0 Å². The normalized spacial score (nSPS) is 26.2. The van der Waals surface area contributed by atoms with Crippen molar-refractivity contribution in [2.24, 2.45) is 11.7 Å². The topological polar surface area (TPSA) is 56.7 Å². The number of hydrogen-bond donors (Lipinski definition) is 1. The van der Waals surface area contributed by atoms with Gasteiger partial charge in [0, 0.05) is 18.5 Å². The highest BCUT2D eigenvalue weighted by atomic mass is 15.3. The summed E-state index contributed by atoms with van der Waals surface area (Å²) in [7, 11) is 0. The molecule has 0 radical (unpaired) electrons. The second-order valence-corrected chi connectivity index (χ2v) is 5.35. The molecule has 0 atom stereocenters. The molecule has 1 aromatic rings. The third kappa shape index (κ3) is 2.61. The van der Waals surface area contributed by atoms with Crippen molar-refractivity contribution in [1.29, 1.82) is 0 Å². The van der Waals surface area contributed by atoms with Crippen LogP contribution in [0.3, 0.4) is 0 Å². The fourth-order valence-corrected chi connectivity index (χ4v) is 2.49. The van der Waals surface area contributed by atoms with Gasteiger partial charge in [-0.05, 0) is 31.6 Å². The Morgan fingerprint density at radius 2 is 2.06 bits per heavy atom. The molecular formula is C12H22N4. The van der Waals surface area contributed by atoms with E-state index in [1.54, 1.807) is 0 Å². The first kappa shape index (κ1) is 11.6. The number of rotatable bonds is 3. The Hall–Kier alpha value is -0.900. The molecule has 1 saturated carbocycles. The monoisotopic (exact) mass is 222 g/mol. The first-order valence-electron chi connectivity index (χ1n) is 6.30. The molecule has 1 fully saturated rings. The number of nitrogens with two attached hydrogens (primary N) is 1. The molecule has 0 spiro atoms. The predicted molar refractivity (Wildman–Crippen MR) is 64.0 cm³/mol.